The first kappa shape index (κ1) is 13.0. The number of ketones is 2. The maximum atomic E-state index is 12.0. The van der Waals surface area contributed by atoms with Gasteiger partial charge in [0, 0.05) is 11.1 Å². The number of benzene rings is 2. The van der Waals surface area contributed by atoms with Gasteiger partial charge in [-0.15, -0.1) is 0 Å². The molecule has 0 amide bonds. The van der Waals surface area contributed by atoms with Crippen molar-refractivity contribution in [2.24, 2.45) is 0 Å². The average Bonchev–Trinajstić information content (AvgIpc) is 2.46. The zero-order valence-corrected chi connectivity index (χ0v) is 10.8. The molecular formula is C16H14O3. The van der Waals surface area contributed by atoms with Gasteiger partial charge in [-0.1, -0.05) is 29.8 Å². The third-order valence-corrected chi connectivity index (χ3v) is 2.87. The van der Waals surface area contributed by atoms with Crippen molar-refractivity contribution in [3.63, 3.8) is 0 Å². The first-order valence-corrected chi connectivity index (χ1v) is 5.91. The quantitative estimate of drug-likeness (QED) is 0.622. The van der Waals surface area contributed by atoms with Crippen molar-refractivity contribution in [1.29, 1.82) is 0 Å². The van der Waals surface area contributed by atoms with E-state index in [0.717, 1.165) is 5.56 Å². The van der Waals surface area contributed by atoms with Gasteiger partial charge >= 0.3 is 0 Å². The minimum Gasteiger partial charge on any atom is -0.497 e. The second-order valence-electron chi connectivity index (χ2n) is 4.25. The summed E-state index contributed by atoms with van der Waals surface area (Å²) in [4.78, 5) is 24.1. The Bertz CT molecular complexity index is 595. The molecule has 3 nitrogen and oxygen atoms in total. The van der Waals surface area contributed by atoms with E-state index in [1.54, 1.807) is 43.5 Å². The number of methoxy groups -OCH3 is 1. The van der Waals surface area contributed by atoms with E-state index in [1.165, 1.54) is 0 Å². The maximum absolute atomic E-state index is 12.0. The van der Waals surface area contributed by atoms with Crippen molar-refractivity contribution in [3.05, 3.63) is 65.2 Å². The van der Waals surface area contributed by atoms with Crippen LogP contribution < -0.4 is 4.74 Å². The monoisotopic (exact) mass is 254 g/mol. The van der Waals surface area contributed by atoms with Gasteiger partial charge in [0.25, 0.3) is 0 Å². The standard InChI is InChI=1S/C16H14O3/c1-11-3-5-12(6-4-11)15(17)16(18)13-7-9-14(19-2)10-8-13/h3-10H,1-2H3. The molecule has 0 radical (unpaired) electrons. The summed E-state index contributed by atoms with van der Waals surface area (Å²) in [6, 6.07) is 13.5. The molecule has 0 N–H and O–H groups in total. The molecule has 0 spiro atoms. The minimum atomic E-state index is -0.508. The van der Waals surface area contributed by atoms with Crippen LogP contribution in [0.25, 0.3) is 0 Å². The Hall–Kier alpha value is -2.42. The van der Waals surface area contributed by atoms with E-state index < -0.39 is 11.6 Å². The molecule has 0 saturated carbocycles. The third-order valence-electron chi connectivity index (χ3n) is 2.87. The lowest BCUT2D eigenvalue weighted by molar-refractivity contribution is 0.0817. The summed E-state index contributed by atoms with van der Waals surface area (Å²) < 4.78 is 5.01. The van der Waals surface area contributed by atoms with E-state index >= 15 is 0 Å². The molecule has 0 fully saturated rings. The minimum absolute atomic E-state index is 0.367. The normalized spacial score (nSPS) is 10.0. The first-order valence-electron chi connectivity index (χ1n) is 5.91. The fourth-order valence-electron chi connectivity index (χ4n) is 1.71. The van der Waals surface area contributed by atoms with E-state index in [9.17, 15) is 9.59 Å². The Morgan fingerprint density at radius 1 is 0.789 bits per heavy atom. The Morgan fingerprint density at radius 2 is 1.21 bits per heavy atom. The van der Waals surface area contributed by atoms with Crippen molar-refractivity contribution in [3.8, 4) is 5.75 Å². The lowest BCUT2D eigenvalue weighted by Gasteiger charge is -2.03. The Morgan fingerprint density at radius 3 is 1.63 bits per heavy atom. The van der Waals surface area contributed by atoms with Gasteiger partial charge in [-0.05, 0) is 31.2 Å². The first-order chi connectivity index (χ1) is 9.11. The van der Waals surface area contributed by atoms with Crippen molar-refractivity contribution >= 4 is 11.6 Å². The van der Waals surface area contributed by atoms with Gasteiger partial charge in [-0.3, -0.25) is 9.59 Å². The van der Waals surface area contributed by atoms with Crippen LogP contribution in [0.15, 0.2) is 48.5 Å². The molecule has 2 aromatic rings. The van der Waals surface area contributed by atoms with E-state index in [4.69, 9.17) is 4.74 Å². The van der Waals surface area contributed by atoms with E-state index in [-0.39, 0.29) is 0 Å². The molecule has 0 bridgehead atoms. The predicted octanol–water partition coefficient (Wildman–Crippen LogP) is 3.07. The highest BCUT2D eigenvalue weighted by Gasteiger charge is 2.17. The summed E-state index contributed by atoms with van der Waals surface area (Å²) in [7, 11) is 1.55. The molecule has 0 saturated heterocycles. The van der Waals surface area contributed by atoms with Gasteiger partial charge < -0.3 is 4.74 Å². The highest BCUT2D eigenvalue weighted by Crippen LogP contribution is 2.14. The lowest BCUT2D eigenvalue weighted by atomic mass is 10.0. The van der Waals surface area contributed by atoms with E-state index in [2.05, 4.69) is 0 Å². The highest BCUT2D eigenvalue weighted by molar-refractivity contribution is 6.49. The molecule has 0 unspecified atom stereocenters. The van der Waals surface area contributed by atoms with Gasteiger partial charge in [0.2, 0.25) is 11.6 Å². The van der Waals surface area contributed by atoms with Crippen LogP contribution >= 0.6 is 0 Å². The molecule has 0 aliphatic heterocycles. The average molecular weight is 254 g/mol. The molecule has 19 heavy (non-hydrogen) atoms. The lowest BCUT2D eigenvalue weighted by Crippen LogP contribution is -2.14. The summed E-state index contributed by atoms with van der Waals surface area (Å²) in [5.74, 6) is -0.351. The zero-order valence-electron chi connectivity index (χ0n) is 10.8. The topological polar surface area (TPSA) is 43.4 Å². The molecule has 0 atom stereocenters. The van der Waals surface area contributed by atoms with Crippen LogP contribution in [0.3, 0.4) is 0 Å². The van der Waals surface area contributed by atoms with Gasteiger partial charge in [0.05, 0.1) is 7.11 Å². The molecule has 0 heterocycles. The van der Waals surface area contributed by atoms with Crippen LogP contribution in [0.5, 0.6) is 5.75 Å². The second-order valence-corrected chi connectivity index (χ2v) is 4.25. The number of aryl methyl sites for hydroxylation is 1. The Balaban J connectivity index is 2.23. The summed E-state index contributed by atoms with van der Waals surface area (Å²) >= 11 is 0. The Labute approximate surface area is 111 Å². The van der Waals surface area contributed by atoms with Crippen LogP contribution in [-0.4, -0.2) is 18.7 Å². The molecular weight excluding hydrogens is 240 g/mol. The van der Waals surface area contributed by atoms with Crippen LogP contribution in [-0.2, 0) is 0 Å². The fourth-order valence-corrected chi connectivity index (χ4v) is 1.71. The molecule has 2 rings (SSSR count). The van der Waals surface area contributed by atoms with Gasteiger partial charge in [0.1, 0.15) is 5.75 Å². The smallest absolute Gasteiger partial charge is 0.233 e. The highest BCUT2D eigenvalue weighted by atomic mass is 16.5. The third kappa shape index (κ3) is 2.88. The summed E-state index contributed by atoms with van der Waals surface area (Å²) in [5, 5.41) is 0. The molecule has 2 aromatic carbocycles. The number of ether oxygens (including phenoxy) is 1. The zero-order chi connectivity index (χ0) is 13.8. The van der Waals surface area contributed by atoms with Crippen LogP contribution in [0.4, 0.5) is 0 Å². The molecule has 0 aromatic heterocycles. The number of rotatable bonds is 4. The Kier molecular flexibility index (Phi) is 3.76. The molecule has 0 aliphatic carbocycles. The summed E-state index contributed by atoms with van der Waals surface area (Å²) in [6.07, 6.45) is 0. The van der Waals surface area contributed by atoms with Gasteiger partial charge in [-0.2, -0.15) is 0 Å². The van der Waals surface area contributed by atoms with Crippen LogP contribution in [0.2, 0.25) is 0 Å². The van der Waals surface area contributed by atoms with Crippen molar-refractivity contribution < 1.29 is 14.3 Å². The number of Topliss-reactive ketones (excluding diaryl/α,β-unsaturated/α-hetero) is 2. The molecule has 3 heteroatoms. The summed E-state index contributed by atoms with van der Waals surface area (Å²) in [6.45, 7) is 1.93. The number of hydrogen-bond donors (Lipinski definition) is 0. The number of carbonyl (C=O) groups is 2. The second kappa shape index (κ2) is 5.48. The number of carbonyl (C=O) groups excluding carboxylic acids is 2. The van der Waals surface area contributed by atoms with Crippen LogP contribution in [0, 0.1) is 6.92 Å². The van der Waals surface area contributed by atoms with Gasteiger partial charge in [-0.25, -0.2) is 0 Å². The van der Waals surface area contributed by atoms with Crippen molar-refractivity contribution in [2.75, 3.05) is 7.11 Å². The molecule has 0 aliphatic rings. The largest absolute Gasteiger partial charge is 0.497 e. The molecule has 96 valence electrons. The van der Waals surface area contributed by atoms with E-state index in [0.29, 0.717) is 16.9 Å². The SMILES string of the molecule is COc1ccc(C(=O)C(=O)c2ccc(C)cc2)cc1. The maximum Gasteiger partial charge on any atom is 0.233 e. The van der Waals surface area contributed by atoms with Crippen molar-refractivity contribution in [2.45, 2.75) is 6.92 Å². The van der Waals surface area contributed by atoms with E-state index in [1.807, 2.05) is 19.1 Å². The summed E-state index contributed by atoms with van der Waals surface area (Å²) in [5.41, 5.74) is 1.83. The van der Waals surface area contributed by atoms with Gasteiger partial charge in [0.15, 0.2) is 0 Å². The number of hydrogen-bond acceptors (Lipinski definition) is 3. The van der Waals surface area contributed by atoms with Crippen molar-refractivity contribution in [1.82, 2.24) is 0 Å². The fraction of sp³-hybridized carbons (Fsp3) is 0.125. The van der Waals surface area contributed by atoms with Crippen LogP contribution in [0.1, 0.15) is 26.3 Å². The predicted molar refractivity (Wildman–Crippen MR) is 72.8 cm³/mol.